The maximum atomic E-state index is 12.2. The second-order valence-electron chi connectivity index (χ2n) is 8.39. The Balaban J connectivity index is 1.22. The lowest BCUT2D eigenvalue weighted by Gasteiger charge is -2.34. The zero-order valence-corrected chi connectivity index (χ0v) is 19.0. The van der Waals surface area contributed by atoms with E-state index in [1.54, 1.807) is 25.1 Å². The zero-order valence-electron chi connectivity index (χ0n) is 19.0. The van der Waals surface area contributed by atoms with Gasteiger partial charge in [0.05, 0.1) is 6.61 Å². The van der Waals surface area contributed by atoms with E-state index < -0.39 is 11.7 Å². The van der Waals surface area contributed by atoms with Crippen LogP contribution in [0.5, 0.6) is 11.5 Å². The summed E-state index contributed by atoms with van der Waals surface area (Å²) in [7, 11) is 0. The van der Waals surface area contributed by atoms with Crippen LogP contribution in [0.4, 0.5) is 10.5 Å². The standard InChI is InChI=1S/C25H27N3O6/c1-2-31-25(30)26-19-4-5-20-18(12-24(29)34-22(20)13-19)15-28-9-7-27(8-10-28)14-17-3-6-21-23(11-17)33-16-32-21/h3-6,11-13H,2,7-10,14-16H2,1H3,(H,26,30). The number of benzene rings is 2. The normalized spacial score (nSPS) is 16.0. The van der Waals surface area contributed by atoms with Crippen molar-refractivity contribution in [1.82, 2.24) is 9.80 Å². The minimum absolute atomic E-state index is 0.280. The maximum absolute atomic E-state index is 12.2. The van der Waals surface area contributed by atoms with Crippen molar-refractivity contribution >= 4 is 22.7 Å². The van der Waals surface area contributed by atoms with Crippen molar-refractivity contribution in [1.29, 1.82) is 0 Å². The van der Waals surface area contributed by atoms with Crippen molar-refractivity contribution in [2.75, 3.05) is 44.9 Å². The molecule has 178 valence electrons. The molecular formula is C25H27N3O6. The summed E-state index contributed by atoms with van der Waals surface area (Å²) in [4.78, 5) is 28.6. The molecule has 0 unspecified atom stereocenters. The summed E-state index contributed by atoms with van der Waals surface area (Å²) < 4.78 is 21.2. The number of ether oxygens (including phenoxy) is 3. The van der Waals surface area contributed by atoms with Gasteiger partial charge in [0.15, 0.2) is 11.5 Å². The van der Waals surface area contributed by atoms with Crippen LogP contribution in [0, 0.1) is 0 Å². The molecule has 1 N–H and O–H groups in total. The van der Waals surface area contributed by atoms with Gasteiger partial charge in [-0.05, 0) is 42.3 Å². The third kappa shape index (κ3) is 5.00. The van der Waals surface area contributed by atoms with E-state index in [1.807, 2.05) is 12.1 Å². The van der Waals surface area contributed by atoms with Crippen molar-refractivity contribution < 1.29 is 23.4 Å². The van der Waals surface area contributed by atoms with Crippen LogP contribution in [0.25, 0.3) is 11.0 Å². The molecule has 1 aromatic heterocycles. The third-order valence-electron chi connectivity index (χ3n) is 6.05. The van der Waals surface area contributed by atoms with Crippen molar-refractivity contribution in [2.45, 2.75) is 20.0 Å². The van der Waals surface area contributed by atoms with E-state index in [-0.39, 0.29) is 13.4 Å². The molecule has 34 heavy (non-hydrogen) atoms. The Labute approximate surface area is 196 Å². The molecule has 3 aromatic rings. The lowest BCUT2D eigenvalue weighted by Crippen LogP contribution is -2.45. The Morgan fingerprint density at radius 3 is 2.53 bits per heavy atom. The molecule has 2 aromatic carbocycles. The predicted octanol–water partition coefficient (Wildman–Crippen LogP) is 3.41. The molecule has 9 nitrogen and oxygen atoms in total. The van der Waals surface area contributed by atoms with Gasteiger partial charge in [-0.25, -0.2) is 9.59 Å². The van der Waals surface area contributed by atoms with Gasteiger partial charge in [0.2, 0.25) is 6.79 Å². The first-order valence-corrected chi connectivity index (χ1v) is 11.4. The Morgan fingerprint density at radius 1 is 0.971 bits per heavy atom. The smallest absolute Gasteiger partial charge is 0.411 e. The summed E-state index contributed by atoms with van der Waals surface area (Å²) in [5.41, 5.74) is 2.67. The van der Waals surface area contributed by atoms with Gasteiger partial charge < -0.3 is 18.6 Å². The summed E-state index contributed by atoms with van der Waals surface area (Å²) in [5, 5.41) is 3.50. The van der Waals surface area contributed by atoms with Crippen LogP contribution in [0.15, 0.2) is 51.7 Å². The van der Waals surface area contributed by atoms with E-state index in [0.29, 0.717) is 17.8 Å². The molecule has 2 aliphatic heterocycles. The highest BCUT2D eigenvalue weighted by atomic mass is 16.7. The second kappa shape index (κ2) is 9.74. The first-order valence-electron chi connectivity index (χ1n) is 11.4. The summed E-state index contributed by atoms with van der Waals surface area (Å²) >= 11 is 0. The van der Waals surface area contributed by atoms with E-state index in [1.165, 1.54) is 5.56 Å². The Kier molecular flexibility index (Phi) is 6.37. The first-order chi connectivity index (χ1) is 16.6. The number of nitrogens with one attached hydrogen (secondary N) is 1. The average Bonchev–Trinajstić information content (AvgIpc) is 3.28. The van der Waals surface area contributed by atoms with Gasteiger partial charge in [-0.1, -0.05) is 6.07 Å². The van der Waals surface area contributed by atoms with E-state index in [9.17, 15) is 9.59 Å². The largest absolute Gasteiger partial charge is 0.454 e. The summed E-state index contributed by atoms with van der Waals surface area (Å²) in [6.45, 7) is 7.48. The number of nitrogens with zero attached hydrogens (tertiary/aromatic N) is 2. The van der Waals surface area contributed by atoms with E-state index >= 15 is 0 Å². The average molecular weight is 466 g/mol. The van der Waals surface area contributed by atoms with Gasteiger partial charge in [0, 0.05) is 62.5 Å². The number of carbonyl (C=O) groups excluding carboxylic acids is 1. The number of hydrogen-bond donors (Lipinski definition) is 1. The number of piperazine rings is 1. The summed E-state index contributed by atoms with van der Waals surface area (Å²) in [5.74, 6) is 1.61. The van der Waals surface area contributed by atoms with Gasteiger partial charge in [-0.2, -0.15) is 0 Å². The predicted molar refractivity (Wildman–Crippen MR) is 126 cm³/mol. The minimum Gasteiger partial charge on any atom is -0.454 e. The fourth-order valence-electron chi connectivity index (χ4n) is 4.37. The van der Waals surface area contributed by atoms with Crippen molar-refractivity contribution in [3.8, 4) is 11.5 Å². The Bertz CT molecular complexity index is 1250. The molecule has 0 aliphatic carbocycles. The lowest BCUT2D eigenvalue weighted by atomic mass is 10.1. The van der Waals surface area contributed by atoms with Crippen molar-refractivity contribution in [3.63, 3.8) is 0 Å². The highest BCUT2D eigenvalue weighted by Gasteiger charge is 2.20. The molecular weight excluding hydrogens is 438 g/mol. The van der Waals surface area contributed by atoms with Gasteiger partial charge in [-0.15, -0.1) is 0 Å². The lowest BCUT2D eigenvalue weighted by molar-refractivity contribution is 0.122. The fraction of sp³-hybridized carbons (Fsp3) is 0.360. The molecule has 1 amide bonds. The number of fused-ring (bicyclic) bond motifs is 2. The third-order valence-corrected chi connectivity index (χ3v) is 6.05. The van der Waals surface area contributed by atoms with Crippen LogP contribution in [-0.2, 0) is 17.8 Å². The number of rotatable bonds is 6. The molecule has 0 radical (unpaired) electrons. The van der Waals surface area contributed by atoms with E-state index in [2.05, 4.69) is 27.2 Å². The summed E-state index contributed by atoms with van der Waals surface area (Å²) in [6, 6.07) is 13.0. The van der Waals surface area contributed by atoms with Crippen LogP contribution in [-0.4, -0.2) is 55.5 Å². The van der Waals surface area contributed by atoms with Crippen molar-refractivity contribution in [3.05, 3.63) is 64.0 Å². The fourth-order valence-corrected chi connectivity index (χ4v) is 4.37. The van der Waals surface area contributed by atoms with Crippen molar-refractivity contribution in [2.24, 2.45) is 0 Å². The molecule has 1 saturated heterocycles. The maximum Gasteiger partial charge on any atom is 0.411 e. The topological polar surface area (TPSA) is 93.5 Å². The minimum atomic E-state index is -0.543. The van der Waals surface area contributed by atoms with E-state index in [4.69, 9.17) is 18.6 Å². The monoisotopic (exact) mass is 465 g/mol. The second-order valence-corrected chi connectivity index (χ2v) is 8.39. The molecule has 2 aliphatic rings. The number of carbonyl (C=O) groups is 1. The highest BCUT2D eigenvalue weighted by Crippen LogP contribution is 2.33. The number of anilines is 1. The van der Waals surface area contributed by atoms with Gasteiger partial charge >= 0.3 is 11.7 Å². The van der Waals surface area contributed by atoms with E-state index in [0.717, 1.165) is 55.2 Å². The van der Waals surface area contributed by atoms with Crippen LogP contribution in [0.2, 0.25) is 0 Å². The Hall–Kier alpha value is -3.56. The number of hydrogen-bond acceptors (Lipinski definition) is 8. The van der Waals surface area contributed by atoms with Gasteiger partial charge in [-0.3, -0.25) is 15.1 Å². The SMILES string of the molecule is CCOC(=O)Nc1ccc2c(CN3CCN(Cc4ccc5c(c4)OCO5)CC3)cc(=O)oc2c1. The quantitative estimate of drug-likeness (QED) is 0.554. The Morgan fingerprint density at radius 2 is 1.74 bits per heavy atom. The molecule has 1 fully saturated rings. The molecule has 9 heteroatoms. The highest BCUT2D eigenvalue weighted by molar-refractivity contribution is 5.89. The number of amides is 1. The molecule has 3 heterocycles. The molecule has 0 saturated carbocycles. The first kappa shape index (κ1) is 22.2. The molecule has 5 rings (SSSR count). The molecule has 0 atom stereocenters. The van der Waals surface area contributed by atoms with Gasteiger partial charge in [0.25, 0.3) is 0 Å². The van der Waals surface area contributed by atoms with Crippen LogP contribution < -0.4 is 20.4 Å². The van der Waals surface area contributed by atoms with Crippen LogP contribution >= 0.6 is 0 Å². The molecule has 0 spiro atoms. The van der Waals surface area contributed by atoms with Crippen LogP contribution in [0.3, 0.4) is 0 Å². The van der Waals surface area contributed by atoms with Gasteiger partial charge in [0.1, 0.15) is 5.58 Å². The van der Waals surface area contributed by atoms with Crippen LogP contribution in [0.1, 0.15) is 18.1 Å². The molecule has 0 bridgehead atoms. The summed E-state index contributed by atoms with van der Waals surface area (Å²) in [6.07, 6.45) is -0.543. The zero-order chi connectivity index (χ0) is 23.5.